The molecule has 1 saturated heterocycles. The van der Waals surface area contributed by atoms with Crippen molar-refractivity contribution in [2.24, 2.45) is 5.73 Å². The summed E-state index contributed by atoms with van der Waals surface area (Å²) in [4.78, 5) is 23.5. The quantitative estimate of drug-likeness (QED) is 0.440. The summed E-state index contributed by atoms with van der Waals surface area (Å²) in [5.74, 6) is 0.366. The highest BCUT2D eigenvalue weighted by molar-refractivity contribution is 5.94. The third kappa shape index (κ3) is 6.30. The first-order valence-corrected chi connectivity index (χ1v) is 11.8. The molecule has 4 N–H and O–H groups in total. The molecule has 1 atom stereocenters. The number of hydrogen-bond acceptors (Lipinski definition) is 7. The van der Waals surface area contributed by atoms with Crippen molar-refractivity contribution in [3.63, 3.8) is 0 Å². The van der Waals surface area contributed by atoms with Crippen LogP contribution in [0.25, 0.3) is 11.3 Å². The van der Waals surface area contributed by atoms with Gasteiger partial charge in [0.05, 0.1) is 24.9 Å². The lowest BCUT2D eigenvalue weighted by Gasteiger charge is -2.28. The molecule has 1 aromatic heterocycles. The molecular formula is C26H32N6O2. The number of nitrogens with zero attached hydrogens (tertiary/aromatic N) is 3. The molecule has 0 unspecified atom stereocenters. The van der Waals surface area contributed by atoms with Crippen molar-refractivity contribution in [3.8, 4) is 11.3 Å². The van der Waals surface area contributed by atoms with Crippen LogP contribution in [-0.2, 0) is 9.53 Å². The Bertz CT molecular complexity index is 1070. The number of benzene rings is 2. The first kappa shape index (κ1) is 23.7. The summed E-state index contributed by atoms with van der Waals surface area (Å²) in [6.07, 6.45) is 4.38. The van der Waals surface area contributed by atoms with Crippen LogP contribution in [0.2, 0.25) is 0 Å². The Labute approximate surface area is 200 Å². The monoisotopic (exact) mass is 460 g/mol. The highest BCUT2D eigenvalue weighted by Gasteiger charge is 2.13. The van der Waals surface area contributed by atoms with Gasteiger partial charge in [-0.2, -0.15) is 0 Å². The summed E-state index contributed by atoms with van der Waals surface area (Å²) in [6, 6.07) is 17.2. The van der Waals surface area contributed by atoms with Gasteiger partial charge in [0.25, 0.3) is 0 Å². The standard InChI is InChI=1S/C26H32N6O2/c1-2-3-4-23(27)25(33)29-20-7-5-19(6-8-20)24-13-14-28-26(31-24)30-21-9-11-22(12-10-21)32-15-17-34-18-16-32/h5-14,23H,2-4,15-18,27H2,1H3,(H,29,33)(H,28,30,31)/t23-/m1/s1. The van der Waals surface area contributed by atoms with Crippen molar-refractivity contribution in [2.45, 2.75) is 32.2 Å². The zero-order chi connectivity index (χ0) is 23.8. The van der Waals surface area contributed by atoms with Gasteiger partial charge in [-0.25, -0.2) is 9.97 Å². The van der Waals surface area contributed by atoms with Gasteiger partial charge in [-0.05, 0) is 48.9 Å². The van der Waals surface area contributed by atoms with Crippen molar-refractivity contribution in [1.82, 2.24) is 9.97 Å². The molecule has 2 heterocycles. The number of carbonyl (C=O) groups is 1. The van der Waals surface area contributed by atoms with Gasteiger partial charge in [-0.1, -0.05) is 31.9 Å². The van der Waals surface area contributed by atoms with Crippen molar-refractivity contribution < 1.29 is 9.53 Å². The van der Waals surface area contributed by atoms with E-state index in [1.807, 2.05) is 42.5 Å². The molecule has 34 heavy (non-hydrogen) atoms. The summed E-state index contributed by atoms with van der Waals surface area (Å²) >= 11 is 0. The topological polar surface area (TPSA) is 105 Å². The van der Waals surface area contributed by atoms with Gasteiger partial charge in [0, 0.05) is 41.9 Å². The van der Waals surface area contributed by atoms with Crippen LogP contribution < -0.4 is 21.3 Å². The Balaban J connectivity index is 1.38. The van der Waals surface area contributed by atoms with E-state index in [0.717, 1.165) is 56.1 Å². The minimum Gasteiger partial charge on any atom is -0.378 e. The van der Waals surface area contributed by atoms with Gasteiger partial charge in [-0.3, -0.25) is 4.79 Å². The van der Waals surface area contributed by atoms with Crippen LogP contribution in [-0.4, -0.2) is 48.2 Å². The second-order valence-electron chi connectivity index (χ2n) is 8.35. The van der Waals surface area contributed by atoms with Crippen LogP contribution in [0.3, 0.4) is 0 Å². The molecule has 0 radical (unpaired) electrons. The van der Waals surface area contributed by atoms with E-state index in [0.29, 0.717) is 18.1 Å². The maximum absolute atomic E-state index is 12.2. The fraction of sp³-hybridized carbons (Fsp3) is 0.346. The summed E-state index contributed by atoms with van der Waals surface area (Å²) in [5.41, 5.74) is 10.5. The second-order valence-corrected chi connectivity index (χ2v) is 8.35. The Hall–Kier alpha value is -3.49. The highest BCUT2D eigenvalue weighted by Crippen LogP contribution is 2.23. The number of carbonyl (C=O) groups excluding carboxylic acids is 1. The van der Waals surface area contributed by atoms with Gasteiger partial charge in [-0.15, -0.1) is 0 Å². The maximum atomic E-state index is 12.2. The van der Waals surface area contributed by atoms with Crippen molar-refractivity contribution in [1.29, 1.82) is 0 Å². The Morgan fingerprint density at radius 1 is 1.06 bits per heavy atom. The molecule has 0 spiro atoms. The number of anilines is 4. The van der Waals surface area contributed by atoms with E-state index in [4.69, 9.17) is 10.5 Å². The van der Waals surface area contributed by atoms with E-state index in [-0.39, 0.29) is 5.91 Å². The van der Waals surface area contributed by atoms with Crippen LogP contribution >= 0.6 is 0 Å². The minimum absolute atomic E-state index is 0.158. The Morgan fingerprint density at radius 2 is 1.76 bits per heavy atom. The zero-order valence-electron chi connectivity index (χ0n) is 19.5. The number of amides is 1. The zero-order valence-corrected chi connectivity index (χ0v) is 19.5. The smallest absolute Gasteiger partial charge is 0.241 e. The molecule has 2 aromatic carbocycles. The largest absolute Gasteiger partial charge is 0.378 e. The maximum Gasteiger partial charge on any atom is 0.241 e. The molecule has 0 saturated carbocycles. The fourth-order valence-electron chi connectivity index (χ4n) is 3.80. The van der Waals surface area contributed by atoms with Crippen LogP contribution in [0.15, 0.2) is 60.8 Å². The Kier molecular flexibility index (Phi) is 8.06. The SMILES string of the molecule is CCCC[C@@H](N)C(=O)Nc1ccc(-c2ccnc(Nc3ccc(N4CCOCC4)cc3)n2)cc1. The lowest BCUT2D eigenvalue weighted by molar-refractivity contribution is -0.117. The molecule has 8 heteroatoms. The molecule has 0 aliphatic carbocycles. The molecule has 8 nitrogen and oxygen atoms in total. The number of unbranched alkanes of at least 4 members (excludes halogenated alkanes) is 1. The van der Waals surface area contributed by atoms with E-state index >= 15 is 0 Å². The molecule has 1 aliphatic heterocycles. The Morgan fingerprint density at radius 3 is 2.47 bits per heavy atom. The van der Waals surface area contributed by atoms with Crippen molar-refractivity contribution in [3.05, 3.63) is 60.8 Å². The predicted octanol–water partition coefficient (Wildman–Crippen LogP) is 4.18. The lowest BCUT2D eigenvalue weighted by atomic mass is 10.1. The number of hydrogen-bond donors (Lipinski definition) is 3. The molecule has 1 amide bonds. The van der Waals surface area contributed by atoms with Gasteiger partial charge >= 0.3 is 0 Å². The molecule has 0 bridgehead atoms. The predicted molar refractivity (Wildman–Crippen MR) is 136 cm³/mol. The third-order valence-electron chi connectivity index (χ3n) is 5.81. The van der Waals surface area contributed by atoms with Crippen LogP contribution in [0.5, 0.6) is 0 Å². The molecule has 1 aliphatic rings. The average Bonchev–Trinajstić information content (AvgIpc) is 2.89. The normalized spacial score (nSPS) is 14.5. The first-order chi connectivity index (χ1) is 16.6. The van der Waals surface area contributed by atoms with Crippen LogP contribution in [0.1, 0.15) is 26.2 Å². The van der Waals surface area contributed by atoms with Crippen molar-refractivity contribution >= 4 is 28.9 Å². The van der Waals surface area contributed by atoms with E-state index in [1.54, 1.807) is 6.20 Å². The third-order valence-corrected chi connectivity index (χ3v) is 5.81. The van der Waals surface area contributed by atoms with Gasteiger partial charge in [0.1, 0.15) is 0 Å². The van der Waals surface area contributed by atoms with Crippen LogP contribution in [0, 0.1) is 0 Å². The summed E-state index contributed by atoms with van der Waals surface area (Å²) in [6.45, 7) is 5.43. The molecule has 178 valence electrons. The van der Waals surface area contributed by atoms with Crippen LogP contribution in [0.4, 0.5) is 23.0 Å². The summed E-state index contributed by atoms with van der Waals surface area (Å²) < 4.78 is 5.42. The number of morpholine rings is 1. The van der Waals surface area contributed by atoms with Gasteiger partial charge in [0.15, 0.2) is 0 Å². The first-order valence-electron chi connectivity index (χ1n) is 11.8. The van der Waals surface area contributed by atoms with Gasteiger partial charge < -0.3 is 26.0 Å². The average molecular weight is 461 g/mol. The number of aromatic nitrogens is 2. The minimum atomic E-state index is -0.488. The number of nitrogens with one attached hydrogen (secondary N) is 2. The molecular weight excluding hydrogens is 428 g/mol. The van der Waals surface area contributed by atoms with Gasteiger partial charge in [0.2, 0.25) is 11.9 Å². The highest BCUT2D eigenvalue weighted by atomic mass is 16.5. The van der Waals surface area contributed by atoms with Crippen molar-refractivity contribution in [2.75, 3.05) is 41.8 Å². The number of nitrogens with two attached hydrogens (primary N) is 1. The second kappa shape index (κ2) is 11.6. The van der Waals surface area contributed by atoms with E-state index in [9.17, 15) is 4.79 Å². The summed E-state index contributed by atoms with van der Waals surface area (Å²) in [5, 5.41) is 6.16. The number of ether oxygens (including phenoxy) is 1. The van der Waals surface area contributed by atoms with E-state index in [2.05, 4.69) is 44.6 Å². The summed E-state index contributed by atoms with van der Waals surface area (Å²) in [7, 11) is 0. The van der Waals surface area contributed by atoms with E-state index in [1.165, 1.54) is 5.69 Å². The van der Waals surface area contributed by atoms with E-state index < -0.39 is 6.04 Å². The molecule has 3 aromatic rings. The fourth-order valence-corrected chi connectivity index (χ4v) is 3.80. The lowest BCUT2D eigenvalue weighted by Crippen LogP contribution is -2.36. The molecule has 1 fully saturated rings. The molecule has 4 rings (SSSR count). The number of rotatable bonds is 9.